The fourth-order valence-electron chi connectivity index (χ4n) is 1.49. The predicted molar refractivity (Wildman–Crippen MR) is 74.5 cm³/mol. The second-order valence-electron chi connectivity index (χ2n) is 4.91. The lowest BCUT2D eigenvalue weighted by Gasteiger charge is -2.24. The molecule has 0 bridgehead atoms. The zero-order valence-electron chi connectivity index (χ0n) is 12.2. The van der Waals surface area contributed by atoms with Crippen LogP contribution >= 0.6 is 0 Å². The van der Waals surface area contributed by atoms with E-state index in [2.05, 4.69) is 26.6 Å². The smallest absolute Gasteiger partial charge is 0.277 e. The SMILES string of the molecule is CCCC(C=C(OCC)OCC)O[Si](C)(C)C. The van der Waals surface area contributed by atoms with E-state index in [9.17, 15) is 0 Å². The van der Waals surface area contributed by atoms with Crippen molar-refractivity contribution in [2.75, 3.05) is 13.2 Å². The van der Waals surface area contributed by atoms with Gasteiger partial charge in [-0.1, -0.05) is 13.3 Å². The van der Waals surface area contributed by atoms with E-state index >= 15 is 0 Å². The minimum Gasteiger partial charge on any atom is -0.466 e. The van der Waals surface area contributed by atoms with E-state index in [-0.39, 0.29) is 6.10 Å². The monoisotopic (exact) mass is 260 g/mol. The molecule has 0 aromatic heterocycles. The van der Waals surface area contributed by atoms with Gasteiger partial charge >= 0.3 is 0 Å². The molecule has 1 unspecified atom stereocenters. The summed E-state index contributed by atoms with van der Waals surface area (Å²) in [6, 6.07) is 0. The van der Waals surface area contributed by atoms with Gasteiger partial charge in [-0.2, -0.15) is 0 Å². The maximum absolute atomic E-state index is 6.10. The van der Waals surface area contributed by atoms with E-state index in [1.165, 1.54) is 0 Å². The molecule has 1 atom stereocenters. The van der Waals surface area contributed by atoms with Gasteiger partial charge in [0.2, 0.25) is 0 Å². The predicted octanol–water partition coefficient (Wildman–Crippen LogP) is 3.92. The van der Waals surface area contributed by atoms with Crippen LogP contribution < -0.4 is 0 Å². The standard InChI is InChI=1S/C13H28O3Si/c1-7-10-12(16-17(4,5)6)11-13(14-8-2)15-9-3/h11-12H,7-10H2,1-6H3. The Morgan fingerprint density at radius 1 is 1.06 bits per heavy atom. The molecule has 0 aliphatic rings. The number of hydrogen-bond donors (Lipinski definition) is 0. The lowest BCUT2D eigenvalue weighted by atomic mass is 10.2. The molecule has 0 saturated heterocycles. The topological polar surface area (TPSA) is 27.7 Å². The fourth-order valence-corrected chi connectivity index (χ4v) is 2.58. The number of ether oxygens (including phenoxy) is 2. The molecular weight excluding hydrogens is 232 g/mol. The van der Waals surface area contributed by atoms with E-state index in [0.717, 1.165) is 12.8 Å². The van der Waals surface area contributed by atoms with Gasteiger partial charge in [-0.05, 0) is 39.9 Å². The molecule has 102 valence electrons. The minimum atomic E-state index is -1.53. The van der Waals surface area contributed by atoms with Crippen molar-refractivity contribution in [2.45, 2.75) is 59.4 Å². The van der Waals surface area contributed by atoms with E-state index in [1.807, 2.05) is 19.9 Å². The van der Waals surface area contributed by atoms with Gasteiger partial charge < -0.3 is 13.9 Å². The van der Waals surface area contributed by atoms with Gasteiger partial charge in [-0.15, -0.1) is 0 Å². The molecule has 0 aromatic carbocycles. The highest BCUT2D eigenvalue weighted by Gasteiger charge is 2.20. The van der Waals surface area contributed by atoms with Gasteiger partial charge in [0.15, 0.2) is 8.32 Å². The van der Waals surface area contributed by atoms with Crippen LogP contribution in [-0.2, 0) is 13.9 Å². The van der Waals surface area contributed by atoms with Gasteiger partial charge in [0.25, 0.3) is 5.95 Å². The largest absolute Gasteiger partial charge is 0.466 e. The molecule has 0 spiro atoms. The molecule has 0 N–H and O–H groups in total. The van der Waals surface area contributed by atoms with Gasteiger partial charge in [0.05, 0.1) is 19.3 Å². The van der Waals surface area contributed by atoms with Crippen molar-refractivity contribution in [2.24, 2.45) is 0 Å². The zero-order chi connectivity index (χ0) is 13.3. The van der Waals surface area contributed by atoms with E-state index in [1.54, 1.807) is 0 Å². The summed E-state index contributed by atoms with van der Waals surface area (Å²) < 4.78 is 17.0. The molecule has 0 aliphatic heterocycles. The van der Waals surface area contributed by atoms with Crippen molar-refractivity contribution < 1.29 is 13.9 Å². The van der Waals surface area contributed by atoms with Crippen molar-refractivity contribution in [3.63, 3.8) is 0 Å². The van der Waals surface area contributed by atoms with Crippen LogP contribution in [0.4, 0.5) is 0 Å². The van der Waals surface area contributed by atoms with Crippen LogP contribution in [0.15, 0.2) is 12.0 Å². The molecule has 0 aliphatic carbocycles. The maximum Gasteiger partial charge on any atom is 0.277 e. The highest BCUT2D eigenvalue weighted by atomic mass is 28.4. The number of rotatable bonds is 9. The summed E-state index contributed by atoms with van der Waals surface area (Å²) in [4.78, 5) is 0. The van der Waals surface area contributed by atoms with Crippen molar-refractivity contribution >= 4 is 8.32 Å². The second-order valence-corrected chi connectivity index (χ2v) is 9.37. The molecule has 0 radical (unpaired) electrons. The van der Waals surface area contributed by atoms with Crippen LogP contribution in [0.2, 0.25) is 19.6 Å². The third kappa shape index (κ3) is 9.24. The molecular formula is C13H28O3Si. The Hall–Kier alpha value is -0.483. The average molecular weight is 260 g/mol. The second kappa shape index (κ2) is 8.58. The minimum absolute atomic E-state index is 0.111. The quantitative estimate of drug-likeness (QED) is 0.464. The van der Waals surface area contributed by atoms with Crippen molar-refractivity contribution in [3.05, 3.63) is 12.0 Å². The van der Waals surface area contributed by atoms with Crippen LogP contribution in [0.25, 0.3) is 0 Å². The molecule has 0 aromatic rings. The summed E-state index contributed by atoms with van der Waals surface area (Å²) in [5.41, 5.74) is 0. The normalized spacial score (nSPS) is 13.1. The summed E-state index contributed by atoms with van der Waals surface area (Å²) in [6.07, 6.45) is 4.19. The summed E-state index contributed by atoms with van der Waals surface area (Å²) in [7, 11) is -1.53. The third-order valence-electron chi connectivity index (χ3n) is 1.97. The van der Waals surface area contributed by atoms with Crippen LogP contribution in [-0.4, -0.2) is 27.6 Å². The van der Waals surface area contributed by atoms with E-state index < -0.39 is 8.32 Å². The van der Waals surface area contributed by atoms with Crippen LogP contribution in [0.5, 0.6) is 0 Å². The average Bonchev–Trinajstić information content (AvgIpc) is 2.16. The molecule has 0 heterocycles. The summed E-state index contributed by atoms with van der Waals surface area (Å²) >= 11 is 0. The van der Waals surface area contributed by atoms with E-state index in [4.69, 9.17) is 13.9 Å². The maximum atomic E-state index is 6.10. The Kier molecular flexibility index (Phi) is 8.34. The lowest BCUT2D eigenvalue weighted by Crippen LogP contribution is -2.31. The lowest BCUT2D eigenvalue weighted by molar-refractivity contribution is 0.0409. The van der Waals surface area contributed by atoms with Crippen LogP contribution in [0.1, 0.15) is 33.6 Å². The van der Waals surface area contributed by atoms with E-state index in [0.29, 0.717) is 19.2 Å². The Morgan fingerprint density at radius 3 is 1.94 bits per heavy atom. The Labute approximate surface area is 107 Å². The van der Waals surface area contributed by atoms with Gasteiger partial charge in [-0.3, -0.25) is 0 Å². The van der Waals surface area contributed by atoms with Crippen molar-refractivity contribution in [1.82, 2.24) is 0 Å². The molecule has 0 amide bonds. The van der Waals surface area contributed by atoms with Gasteiger partial charge in [0.1, 0.15) is 0 Å². The molecule has 4 heteroatoms. The molecule has 3 nitrogen and oxygen atoms in total. The van der Waals surface area contributed by atoms with Crippen molar-refractivity contribution in [1.29, 1.82) is 0 Å². The fraction of sp³-hybridized carbons (Fsp3) is 0.846. The van der Waals surface area contributed by atoms with Gasteiger partial charge in [0, 0.05) is 6.08 Å². The summed E-state index contributed by atoms with van der Waals surface area (Å²) in [5, 5.41) is 0. The van der Waals surface area contributed by atoms with Crippen molar-refractivity contribution in [3.8, 4) is 0 Å². The highest BCUT2D eigenvalue weighted by Crippen LogP contribution is 2.15. The molecule has 0 saturated carbocycles. The highest BCUT2D eigenvalue weighted by molar-refractivity contribution is 6.69. The first-order valence-corrected chi connectivity index (χ1v) is 9.99. The Bertz CT molecular complexity index is 213. The first-order chi connectivity index (χ1) is 7.92. The van der Waals surface area contributed by atoms with Gasteiger partial charge in [-0.25, -0.2) is 0 Å². The first kappa shape index (κ1) is 16.5. The third-order valence-corrected chi connectivity index (χ3v) is 2.98. The van der Waals surface area contributed by atoms with Crippen LogP contribution in [0.3, 0.4) is 0 Å². The Morgan fingerprint density at radius 2 is 1.59 bits per heavy atom. The summed E-state index contributed by atoms with van der Waals surface area (Å²) in [6.45, 7) is 13.9. The molecule has 17 heavy (non-hydrogen) atoms. The summed E-state index contributed by atoms with van der Waals surface area (Å²) in [5.74, 6) is 0.603. The molecule has 0 fully saturated rings. The first-order valence-electron chi connectivity index (χ1n) is 6.58. The molecule has 0 rings (SSSR count). The van der Waals surface area contributed by atoms with Crippen LogP contribution in [0, 0.1) is 0 Å². The zero-order valence-corrected chi connectivity index (χ0v) is 13.2. The number of hydrogen-bond acceptors (Lipinski definition) is 3. The Balaban J connectivity index is 4.59.